The van der Waals surface area contributed by atoms with Gasteiger partial charge in [-0.05, 0) is 25.1 Å². The summed E-state index contributed by atoms with van der Waals surface area (Å²) >= 11 is 0. The van der Waals surface area contributed by atoms with Crippen LogP contribution in [-0.4, -0.2) is 59.5 Å². The van der Waals surface area contributed by atoms with E-state index in [0.29, 0.717) is 5.82 Å². The van der Waals surface area contributed by atoms with E-state index >= 15 is 0 Å². The highest BCUT2D eigenvalue weighted by Crippen LogP contribution is 2.23. The molecule has 0 amide bonds. The standard InChI is InChI=1S/C15H22N6/c1-20-7-9-21(10-8-20)6-5-11-3-2-4-12-13(11)14(16)19-15(17)18-12/h2-4H,5-10H2,1H3,(H4,16,17,18,19). The Balaban J connectivity index is 1.78. The molecule has 1 saturated heterocycles. The molecule has 2 heterocycles. The topological polar surface area (TPSA) is 84.3 Å². The molecule has 6 nitrogen and oxygen atoms in total. The van der Waals surface area contributed by atoms with E-state index in [4.69, 9.17) is 11.5 Å². The maximum absolute atomic E-state index is 6.03. The van der Waals surface area contributed by atoms with E-state index in [2.05, 4.69) is 32.9 Å². The molecule has 0 bridgehead atoms. The van der Waals surface area contributed by atoms with Gasteiger partial charge in [-0.3, -0.25) is 0 Å². The number of aromatic nitrogens is 2. The van der Waals surface area contributed by atoms with Crippen molar-refractivity contribution < 1.29 is 0 Å². The lowest BCUT2D eigenvalue weighted by Crippen LogP contribution is -2.45. The second-order valence-corrected chi connectivity index (χ2v) is 5.67. The first-order chi connectivity index (χ1) is 10.1. The van der Waals surface area contributed by atoms with Crippen molar-refractivity contribution in [2.75, 3.05) is 51.2 Å². The molecule has 0 unspecified atom stereocenters. The average molecular weight is 286 g/mol. The van der Waals surface area contributed by atoms with Crippen LogP contribution in [0, 0.1) is 0 Å². The van der Waals surface area contributed by atoms with E-state index in [1.165, 1.54) is 5.56 Å². The quantitative estimate of drug-likeness (QED) is 0.859. The number of rotatable bonds is 3. The molecule has 1 aromatic carbocycles. The molecule has 4 N–H and O–H groups in total. The summed E-state index contributed by atoms with van der Waals surface area (Å²) in [5, 5.41) is 0.945. The lowest BCUT2D eigenvalue weighted by Gasteiger charge is -2.32. The first-order valence-corrected chi connectivity index (χ1v) is 7.35. The molecule has 0 atom stereocenters. The molecule has 0 radical (unpaired) electrons. The third kappa shape index (κ3) is 3.06. The number of likely N-dealkylation sites (N-methyl/N-ethyl adjacent to an activating group) is 1. The maximum Gasteiger partial charge on any atom is 0.222 e. The molecule has 1 aliphatic heterocycles. The van der Waals surface area contributed by atoms with Gasteiger partial charge in [0.2, 0.25) is 5.95 Å². The number of fused-ring (bicyclic) bond motifs is 1. The van der Waals surface area contributed by atoms with Crippen molar-refractivity contribution in [3.8, 4) is 0 Å². The summed E-state index contributed by atoms with van der Waals surface area (Å²) < 4.78 is 0. The number of nitrogen functional groups attached to an aromatic ring is 2. The third-order valence-corrected chi connectivity index (χ3v) is 4.15. The predicted molar refractivity (Wildman–Crippen MR) is 86.0 cm³/mol. The summed E-state index contributed by atoms with van der Waals surface area (Å²) in [6, 6.07) is 6.05. The number of benzene rings is 1. The van der Waals surface area contributed by atoms with Crippen LogP contribution in [0.4, 0.5) is 11.8 Å². The Bertz CT molecular complexity index is 633. The van der Waals surface area contributed by atoms with E-state index in [0.717, 1.165) is 50.0 Å². The highest BCUT2D eigenvalue weighted by Gasteiger charge is 2.14. The van der Waals surface area contributed by atoms with Crippen LogP contribution in [0.5, 0.6) is 0 Å². The van der Waals surface area contributed by atoms with Gasteiger partial charge in [0, 0.05) is 38.1 Å². The fourth-order valence-corrected chi connectivity index (χ4v) is 2.86. The van der Waals surface area contributed by atoms with Gasteiger partial charge in [0.25, 0.3) is 0 Å². The molecule has 1 aromatic heterocycles. The Morgan fingerprint density at radius 1 is 1.10 bits per heavy atom. The van der Waals surface area contributed by atoms with Crippen LogP contribution in [0.15, 0.2) is 18.2 Å². The molecular weight excluding hydrogens is 264 g/mol. The molecular formula is C15H22N6. The molecule has 0 saturated carbocycles. The monoisotopic (exact) mass is 286 g/mol. The summed E-state index contributed by atoms with van der Waals surface area (Å²) in [7, 11) is 2.17. The van der Waals surface area contributed by atoms with E-state index in [-0.39, 0.29) is 5.95 Å². The first-order valence-electron chi connectivity index (χ1n) is 7.35. The Morgan fingerprint density at radius 3 is 2.62 bits per heavy atom. The third-order valence-electron chi connectivity index (χ3n) is 4.15. The van der Waals surface area contributed by atoms with Crippen molar-refractivity contribution in [1.29, 1.82) is 0 Å². The predicted octanol–water partition coefficient (Wildman–Crippen LogP) is 0.584. The van der Waals surface area contributed by atoms with Gasteiger partial charge in [0.1, 0.15) is 5.82 Å². The van der Waals surface area contributed by atoms with Crippen molar-refractivity contribution in [3.63, 3.8) is 0 Å². The van der Waals surface area contributed by atoms with Crippen molar-refractivity contribution in [1.82, 2.24) is 19.8 Å². The molecule has 21 heavy (non-hydrogen) atoms. The Hall–Kier alpha value is -1.92. The number of hydrogen-bond donors (Lipinski definition) is 2. The van der Waals surface area contributed by atoms with Gasteiger partial charge in [-0.1, -0.05) is 12.1 Å². The minimum absolute atomic E-state index is 0.233. The van der Waals surface area contributed by atoms with Gasteiger partial charge in [0.05, 0.1) is 5.52 Å². The Morgan fingerprint density at radius 2 is 1.86 bits per heavy atom. The molecule has 1 aliphatic rings. The van der Waals surface area contributed by atoms with Crippen LogP contribution < -0.4 is 11.5 Å². The minimum Gasteiger partial charge on any atom is -0.383 e. The zero-order valence-electron chi connectivity index (χ0n) is 12.4. The molecule has 2 aromatic rings. The van der Waals surface area contributed by atoms with Gasteiger partial charge >= 0.3 is 0 Å². The smallest absolute Gasteiger partial charge is 0.222 e. The van der Waals surface area contributed by atoms with E-state index in [1.807, 2.05) is 12.1 Å². The van der Waals surface area contributed by atoms with Gasteiger partial charge in [0.15, 0.2) is 0 Å². The largest absolute Gasteiger partial charge is 0.383 e. The molecule has 6 heteroatoms. The highest BCUT2D eigenvalue weighted by molar-refractivity contribution is 5.91. The molecule has 112 valence electrons. The number of nitrogens with zero attached hydrogens (tertiary/aromatic N) is 4. The maximum atomic E-state index is 6.03. The van der Waals surface area contributed by atoms with Crippen LogP contribution >= 0.6 is 0 Å². The molecule has 1 fully saturated rings. The molecule has 3 rings (SSSR count). The summed E-state index contributed by atoms with van der Waals surface area (Å²) in [6.07, 6.45) is 0.957. The summed E-state index contributed by atoms with van der Waals surface area (Å²) in [5.41, 5.74) is 13.7. The van der Waals surface area contributed by atoms with Gasteiger partial charge < -0.3 is 21.3 Å². The van der Waals surface area contributed by atoms with Crippen LogP contribution in [0.3, 0.4) is 0 Å². The van der Waals surface area contributed by atoms with Crippen LogP contribution in [0.25, 0.3) is 10.9 Å². The lowest BCUT2D eigenvalue weighted by molar-refractivity contribution is 0.155. The second kappa shape index (κ2) is 5.83. The number of nitrogens with two attached hydrogens (primary N) is 2. The lowest BCUT2D eigenvalue weighted by atomic mass is 10.1. The van der Waals surface area contributed by atoms with Gasteiger partial charge in [-0.25, -0.2) is 4.98 Å². The van der Waals surface area contributed by atoms with Crippen LogP contribution in [0.2, 0.25) is 0 Å². The van der Waals surface area contributed by atoms with E-state index in [1.54, 1.807) is 0 Å². The SMILES string of the molecule is CN1CCN(CCc2cccc3nc(N)nc(N)c23)CC1. The fourth-order valence-electron chi connectivity index (χ4n) is 2.86. The number of piperazine rings is 1. The van der Waals surface area contributed by atoms with Crippen molar-refractivity contribution >= 4 is 22.7 Å². The van der Waals surface area contributed by atoms with Crippen molar-refractivity contribution in [2.24, 2.45) is 0 Å². The summed E-state index contributed by atoms with van der Waals surface area (Å²) in [4.78, 5) is 13.2. The zero-order chi connectivity index (χ0) is 14.8. The minimum atomic E-state index is 0.233. The Labute approximate surface area is 124 Å². The fraction of sp³-hybridized carbons (Fsp3) is 0.467. The van der Waals surface area contributed by atoms with E-state index in [9.17, 15) is 0 Å². The molecule has 0 spiro atoms. The number of anilines is 2. The van der Waals surface area contributed by atoms with Gasteiger partial charge in [-0.15, -0.1) is 0 Å². The number of hydrogen-bond acceptors (Lipinski definition) is 6. The van der Waals surface area contributed by atoms with Crippen LogP contribution in [0.1, 0.15) is 5.56 Å². The summed E-state index contributed by atoms with van der Waals surface area (Å²) in [5.74, 6) is 0.711. The van der Waals surface area contributed by atoms with E-state index < -0.39 is 0 Å². The summed E-state index contributed by atoms with van der Waals surface area (Å²) in [6.45, 7) is 5.56. The van der Waals surface area contributed by atoms with Crippen molar-refractivity contribution in [2.45, 2.75) is 6.42 Å². The zero-order valence-corrected chi connectivity index (χ0v) is 12.4. The van der Waals surface area contributed by atoms with Crippen LogP contribution in [-0.2, 0) is 6.42 Å². The first kappa shape index (κ1) is 14.0. The molecule has 0 aliphatic carbocycles. The highest BCUT2D eigenvalue weighted by atomic mass is 15.2. The average Bonchev–Trinajstić information content (AvgIpc) is 2.46. The normalized spacial score (nSPS) is 17.4. The second-order valence-electron chi connectivity index (χ2n) is 5.67. The van der Waals surface area contributed by atoms with Crippen molar-refractivity contribution in [3.05, 3.63) is 23.8 Å². The Kier molecular flexibility index (Phi) is 3.90. The van der Waals surface area contributed by atoms with Gasteiger partial charge in [-0.2, -0.15) is 4.98 Å².